The number of imide groups is 1. The summed E-state index contributed by atoms with van der Waals surface area (Å²) in [6.45, 7) is 3.56. The molecule has 8 aromatic rings. The highest BCUT2D eigenvalue weighted by atomic mass is 19.2. The predicted molar refractivity (Wildman–Crippen MR) is 252 cm³/mol. The van der Waals surface area contributed by atoms with Gasteiger partial charge in [0.25, 0.3) is 28.8 Å². The van der Waals surface area contributed by atoms with Crippen LogP contribution in [0.3, 0.4) is 0 Å². The van der Waals surface area contributed by atoms with Gasteiger partial charge in [-0.1, -0.05) is 0 Å². The van der Waals surface area contributed by atoms with E-state index in [1.807, 2.05) is 6.07 Å². The quantitative estimate of drug-likeness (QED) is 0.0602. The molecular weight excluding hydrogens is 973 g/mol. The topological polar surface area (TPSA) is 183 Å². The number of H-pyrrole nitrogens is 2. The summed E-state index contributed by atoms with van der Waals surface area (Å²) in [6, 6.07) is 8.44. The zero-order valence-corrected chi connectivity index (χ0v) is 39.3. The Balaban J connectivity index is 0.000000180. The third-order valence-corrected chi connectivity index (χ3v) is 12.8. The predicted octanol–water partition coefficient (Wildman–Crippen LogP) is 7.87. The van der Waals surface area contributed by atoms with Crippen molar-refractivity contribution in [1.29, 1.82) is 0 Å². The number of anilines is 2. The lowest BCUT2D eigenvalue weighted by atomic mass is 10.0. The van der Waals surface area contributed by atoms with Crippen molar-refractivity contribution < 1.29 is 49.5 Å². The van der Waals surface area contributed by atoms with E-state index in [0.29, 0.717) is 45.7 Å². The van der Waals surface area contributed by atoms with Gasteiger partial charge in [-0.15, -0.1) is 0 Å². The molecule has 0 fully saturated rings. The Morgan fingerprint density at radius 2 is 0.945 bits per heavy atom. The number of aromatic nitrogens is 6. The number of nitrogens with one attached hydrogen (secondary N) is 4. The first-order valence-corrected chi connectivity index (χ1v) is 22.2. The second-order valence-electron chi connectivity index (χ2n) is 17.8. The summed E-state index contributed by atoms with van der Waals surface area (Å²) in [5, 5.41) is 5.97. The number of pyridine rings is 2. The van der Waals surface area contributed by atoms with Crippen LogP contribution in [-0.2, 0) is 33.5 Å². The van der Waals surface area contributed by atoms with Gasteiger partial charge in [0, 0.05) is 88.0 Å². The highest BCUT2D eigenvalue weighted by Crippen LogP contribution is 2.34. The zero-order valence-electron chi connectivity index (χ0n) is 39.3. The second kappa shape index (κ2) is 18.5. The summed E-state index contributed by atoms with van der Waals surface area (Å²) in [4.78, 5) is 79.8. The number of imidazole rings is 2. The van der Waals surface area contributed by atoms with Gasteiger partial charge in [-0.25, -0.2) is 45.1 Å². The monoisotopic (exact) mass is 1010 g/mol. The average molecular weight is 1010 g/mol. The molecule has 0 saturated heterocycles. The number of aryl methyl sites for hydroxylation is 2. The number of amides is 3. The summed E-state index contributed by atoms with van der Waals surface area (Å²) >= 11 is 0. The normalized spacial score (nSPS) is 14.0. The van der Waals surface area contributed by atoms with Crippen LogP contribution in [0.2, 0.25) is 0 Å². The van der Waals surface area contributed by atoms with Crippen LogP contribution in [0.25, 0.3) is 44.8 Å². The summed E-state index contributed by atoms with van der Waals surface area (Å²) in [6.07, 6.45) is 1.94. The standard InChI is InChI=1S/C25H19F4N5O3.C25H21F4N5O2/c1-10(6-13-20(28)14(26)9-15(27)21(13)29)31-16-4-5-30-23(35)19(16)22-32-17-7-11-12(8-18(17)33(22)2)25(37)34(3)24(11)36;1-11(6-14-21(28)15(26)9-16(27)22(14)29)31-17-4-5-30-24(35)20(17)23-32-18-8-13-12(7-19(18)34(23)3)10-33(2)25(13)36/h4-5,7-10H,6H2,1-3H3,(H2,30,31,35);4-5,7-9,11H,6,10H2,1-3H3,(H2,30,31,35). The Morgan fingerprint density at radius 3 is 1.38 bits per heavy atom. The lowest BCUT2D eigenvalue weighted by molar-refractivity contribution is 0.0692. The van der Waals surface area contributed by atoms with Gasteiger partial charge in [0.2, 0.25) is 0 Å². The fraction of sp³-hybridized carbons (Fsp3) is 0.220. The molecule has 0 aliphatic carbocycles. The van der Waals surface area contributed by atoms with Crippen molar-refractivity contribution >= 4 is 51.2 Å². The minimum Gasteiger partial charge on any atom is -0.381 e. The lowest BCUT2D eigenvalue weighted by Crippen LogP contribution is -2.24. The molecule has 73 heavy (non-hydrogen) atoms. The van der Waals surface area contributed by atoms with Gasteiger partial charge in [-0.05, 0) is 68.7 Å². The van der Waals surface area contributed by atoms with Gasteiger partial charge >= 0.3 is 0 Å². The third kappa shape index (κ3) is 8.52. The molecule has 0 bridgehead atoms. The maximum Gasteiger partial charge on any atom is 0.261 e. The number of carbonyl (C=O) groups is 3. The van der Waals surface area contributed by atoms with Crippen molar-refractivity contribution in [2.24, 2.45) is 14.1 Å². The number of aromatic amines is 2. The highest BCUT2D eigenvalue weighted by Gasteiger charge is 2.35. The summed E-state index contributed by atoms with van der Waals surface area (Å²) in [5.74, 6) is -12.4. The van der Waals surface area contributed by atoms with Crippen molar-refractivity contribution in [2.75, 3.05) is 24.7 Å². The van der Waals surface area contributed by atoms with E-state index in [0.717, 1.165) is 10.5 Å². The van der Waals surface area contributed by atoms with Gasteiger partial charge in [0.05, 0.1) is 44.6 Å². The molecule has 2 atom stereocenters. The molecule has 0 spiro atoms. The van der Waals surface area contributed by atoms with E-state index < -0.39 is 99.1 Å². The van der Waals surface area contributed by atoms with E-state index in [4.69, 9.17) is 0 Å². The van der Waals surface area contributed by atoms with Gasteiger partial charge < -0.3 is 34.6 Å². The molecule has 0 saturated carbocycles. The molecule has 2 aliphatic rings. The van der Waals surface area contributed by atoms with Crippen molar-refractivity contribution in [2.45, 2.75) is 45.3 Å². The molecule has 15 nitrogen and oxygen atoms in total. The Hall–Kier alpha value is -8.63. The number of halogens is 8. The minimum atomic E-state index is -1.51. The number of fused-ring (bicyclic) bond motifs is 4. The molecule has 2 unspecified atom stereocenters. The number of hydrogen-bond donors (Lipinski definition) is 4. The lowest BCUT2D eigenvalue weighted by Gasteiger charge is -2.18. The van der Waals surface area contributed by atoms with Gasteiger partial charge in [0.15, 0.2) is 46.5 Å². The number of rotatable bonds is 10. The molecule has 10 rings (SSSR count). The van der Waals surface area contributed by atoms with E-state index >= 15 is 0 Å². The Kier molecular flexibility index (Phi) is 12.5. The molecule has 2 aliphatic heterocycles. The molecule has 3 amide bonds. The van der Waals surface area contributed by atoms with E-state index in [1.54, 1.807) is 54.2 Å². The smallest absolute Gasteiger partial charge is 0.261 e. The van der Waals surface area contributed by atoms with E-state index in [1.165, 1.54) is 44.6 Å². The van der Waals surface area contributed by atoms with E-state index in [9.17, 15) is 59.1 Å². The van der Waals surface area contributed by atoms with Crippen LogP contribution < -0.4 is 21.8 Å². The van der Waals surface area contributed by atoms with Crippen LogP contribution in [0.1, 0.15) is 61.6 Å². The third-order valence-electron chi connectivity index (χ3n) is 12.8. The second-order valence-corrected chi connectivity index (χ2v) is 17.8. The molecule has 4 aromatic carbocycles. The minimum absolute atomic E-state index is 0.0781. The molecule has 4 aromatic heterocycles. The number of benzene rings is 4. The van der Waals surface area contributed by atoms with Crippen LogP contribution in [0, 0.1) is 46.5 Å². The summed E-state index contributed by atoms with van der Waals surface area (Å²) in [5.41, 5.74) is 2.22. The number of carbonyl (C=O) groups excluding carboxylic acids is 3. The van der Waals surface area contributed by atoms with Crippen LogP contribution in [-0.4, -0.2) is 82.8 Å². The molecular formula is C50H40F8N10O5. The highest BCUT2D eigenvalue weighted by molar-refractivity contribution is 6.22. The Morgan fingerprint density at radius 1 is 0.548 bits per heavy atom. The Labute approximate surface area is 407 Å². The number of hydrogen-bond acceptors (Lipinski definition) is 9. The van der Waals surface area contributed by atoms with Gasteiger partial charge in [-0.2, -0.15) is 0 Å². The molecule has 23 heteroatoms. The molecule has 6 heterocycles. The van der Waals surface area contributed by atoms with Crippen molar-refractivity contribution in [3.63, 3.8) is 0 Å². The molecule has 376 valence electrons. The van der Waals surface area contributed by atoms with Crippen LogP contribution in [0.4, 0.5) is 46.5 Å². The SMILES string of the molecule is CC(Cc1c(F)c(F)cc(F)c1F)Nc1cc[nH]c(=O)c1-c1nc2cc3c(cc2n1C)C(=O)N(C)C3=O.CC(Cc1c(F)c(F)cc(F)c1F)Nc1cc[nH]c(=O)c1-c1nc2cc3c(cc2n1C)CN(C)C3=O. The first kappa shape index (κ1) is 49.4. The zero-order chi connectivity index (χ0) is 52.6. The maximum absolute atomic E-state index is 14.2. The first-order valence-electron chi connectivity index (χ1n) is 22.2. The first-order chi connectivity index (χ1) is 34.6. The van der Waals surface area contributed by atoms with Crippen LogP contribution >= 0.6 is 0 Å². The molecule has 0 radical (unpaired) electrons. The average Bonchev–Trinajstić information content (AvgIpc) is 4.00. The number of nitrogens with zero attached hydrogens (tertiary/aromatic N) is 6. The van der Waals surface area contributed by atoms with Crippen molar-refractivity contribution in [3.8, 4) is 22.8 Å². The molecule has 4 N–H and O–H groups in total. The summed E-state index contributed by atoms with van der Waals surface area (Å²) < 4.78 is 115. The van der Waals surface area contributed by atoms with Gasteiger partial charge in [0.1, 0.15) is 22.8 Å². The van der Waals surface area contributed by atoms with Crippen LogP contribution in [0.5, 0.6) is 0 Å². The largest absolute Gasteiger partial charge is 0.381 e. The Bertz CT molecular complexity index is 3740. The maximum atomic E-state index is 14.2. The van der Waals surface area contributed by atoms with Gasteiger partial charge in [-0.3, -0.25) is 28.9 Å². The van der Waals surface area contributed by atoms with Crippen LogP contribution in [0.15, 0.2) is 70.5 Å². The fourth-order valence-electron chi connectivity index (χ4n) is 9.13. The summed E-state index contributed by atoms with van der Waals surface area (Å²) in [7, 11) is 6.45. The van der Waals surface area contributed by atoms with Crippen molar-refractivity contribution in [1.82, 2.24) is 38.9 Å². The van der Waals surface area contributed by atoms with E-state index in [2.05, 4.69) is 30.6 Å². The fourth-order valence-corrected chi connectivity index (χ4v) is 9.13. The van der Waals surface area contributed by atoms with E-state index in [-0.39, 0.29) is 58.2 Å². The van der Waals surface area contributed by atoms with Crippen molar-refractivity contribution in [3.05, 3.63) is 162 Å².